The lowest BCUT2D eigenvalue weighted by Crippen LogP contribution is -2.34. The Morgan fingerprint density at radius 1 is 1.57 bits per heavy atom. The van der Waals surface area contributed by atoms with Crippen LogP contribution in [0.3, 0.4) is 0 Å². The van der Waals surface area contributed by atoms with E-state index >= 15 is 0 Å². The second kappa shape index (κ2) is 3.84. The van der Waals surface area contributed by atoms with Crippen LogP contribution < -0.4 is 5.32 Å². The summed E-state index contributed by atoms with van der Waals surface area (Å²) in [6.45, 7) is 4.78. The molecular weight excluding hydrogens is 174 g/mol. The minimum absolute atomic E-state index is 0.368. The van der Waals surface area contributed by atoms with Gasteiger partial charge in [-0.25, -0.2) is 0 Å². The van der Waals surface area contributed by atoms with E-state index in [-0.39, 0.29) is 0 Å². The maximum Gasteiger partial charge on any atom is 0.119 e. The Labute approximate surface area is 84.3 Å². The second-order valence-electron chi connectivity index (χ2n) is 3.68. The van der Waals surface area contributed by atoms with Crippen LogP contribution in [0.25, 0.3) is 0 Å². The SMILES string of the molecule is C=CCc1cc([C@@H]2CCN2)ccc1O. The molecule has 0 unspecified atom stereocenters. The molecule has 2 N–H and O–H groups in total. The Balaban J connectivity index is 2.25. The van der Waals surface area contributed by atoms with Crippen LogP contribution in [0.5, 0.6) is 5.75 Å². The van der Waals surface area contributed by atoms with Crippen molar-refractivity contribution in [2.24, 2.45) is 0 Å². The summed E-state index contributed by atoms with van der Waals surface area (Å²) in [6.07, 6.45) is 3.73. The lowest BCUT2D eigenvalue weighted by molar-refractivity contribution is 0.382. The van der Waals surface area contributed by atoms with Crippen LogP contribution in [0.1, 0.15) is 23.6 Å². The van der Waals surface area contributed by atoms with E-state index in [1.807, 2.05) is 12.1 Å². The van der Waals surface area contributed by atoms with Gasteiger partial charge in [-0.15, -0.1) is 6.58 Å². The number of phenolic OH excluding ortho intramolecular Hbond substituents is 1. The molecule has 0 saturated carbocycles. The Bertz CT molecular complexity index is 342. The molecule has 0 bridgehead atoms. The lowest BCUT2D eigenvalue weighted by atomic mass is 9.95. The van der Waals surface area contributed by atoms with Crippen molar-refractivity contribution >= 4 is 0 Å². The number of nitrogens with one attached hydrogen (secondary N) is 1. The van der Waals surface area contributed by atoms with E-state index in [1.165, 1.54) is 12.0 Å². The van der Waals surface area contributed by atoms with Crippen molar-refractivity contribution in [3.05, 3.63) is 42.0 Å². The number of rotatable bonds is 3. The molecule has 14 heavy (non-hydrogen) atoms. The van der Waals surface area contributed by atoms with E-state index in [9.17, 15) is 5.11 Å². The van der Waals surface area contributed by atoms with E-state index in [4.69, 9.17) is 0 Å². The van der Waals surface area contributed by atoms with Crippen LogP contribution in [-0.4, -0.2) is 11.7 Å². The predicted molar refractivity (Wildman–Crippen MR) is 57.4 cm³/mol. The molecule has 0 aliphatic carbocycles. The molecule has 1 heterocycles. The summed E-state index contributed by atoms with van der Waals surface area (Å²) >= 11 is 0. The molecule has 1 atom stereocenters. The van der Waals surface area contributed by atoms with Gasteiger partial charge in [0.05, 0.1) is 0 Å². The molecule has 2 rings (SSSR count). The topological polar surface area (TPSA) is 32.3 Å². The highest BCUT2D eigenvalue weighted by molar-refractivity contribution is 5.38. The van der Waals surface area contributed by atoms with Gasteiger partial charge in [0.25, 0.3) is 0 Å². The van der Waals surface area contributed by atoms with Gasteiger partial charge in [-0.3, -0.25) is 0 Å². The standard InChI is InChI=1S/C12H15NO/c1-2-3-10-8-9(4-5-12(10)14)11-6-7-13-11/h2,4-5,8,11,13-14H,1,3,6-7H2/t11-/m0/s1. The van der Waals surface area contributed by atoms with Crippen LogP contribution in [0, 0.1) is 0 Å². The van der Waals surface area contributed by atoms with Gasteiger partial charge in [-0.05, 0) is 36.6 Å². The summed E-state index contributed by atoms with van der Waals surface area (Å²) < 4.78 is 0. The van der Waals surface area contributed by atoms with Crippen molar-refractivity contribution in [2.75, 3.05) is 6.54 Å². The van der Waals surface area contributed by atoms with Crippen LogP contribution in [0.2, 0.25) is 0 Å². The molecule has 0 spiro atoms. The van der Waals surface area contributed by atoms with Gasteiger partial charge in [0.2, 0.25) is 0 Å². The Morgan fingerprint density at radius 2 is 2.36 bits per heavy atom. The average Bonchev–Trinajstić information content (AvgIpc) is 2.08. The Kier molecular flexibility index (Phi) is 2.55. The molecule has 1 aliphatic heterocycles. The van der Waals surface area contributed by atoms with Crippen LogP contribution in [-0.2, 0) is 6.42 Å². The highest BCUT2D eigenvalue weighted by atomic mass is 16.3. The van der Waals surface area contributed by atoms with Gasteiger partial charge in [-0.2, -0.15) is 0 Å². The number of phenols is 1. The van der Waals surface area contributed by atoms with Crippen molar-refractivity contribution < 1.29 is 5.11 Å². The smallest absolute Gasteiger partial charge is 0.119 e. The molecule has 0 aromatic heterocycles. The Morgan fingerprint density at radius 3 is 2.93 bits per heavy atom. The quantitative estimate of drug-likeness (QED) is 0.714. The molecule has 1 saturated heterocycles. The summed E-state index contributed by atoms with van der Waals surface area (Å²) in [5.41, 5.74) is 2.23. The monoisotopic (exact) mass is 189 g/mol. The number of hydrogen-bond acceptors (Lipinski definition) is 2. The highest BCUT2D eigenvalue weighted by Crippen LogP contribution is 2.27. The third kappa shape index (κ3) is 1.66. The normalized spacial score (nSPS) is 20.1. The fourth-order valence-electron chi connectivity index (χ4n) is 1.71. The van der Waals surface area contributed by atoms with Crippen molar-refractivity contribution in [1.29, 1.82) is 0 Å². The lowest BCUT2D eigenvalue weighted by Gasteiger charge is -2.28. The summed E-state index contributed by atoms with van der Waals surface area (Å²) in [4.78, 5) is 0. The van der Waals surface area contributed by atoms with Gasteiger partial charge in [0, 0.05) is 6.04 Å². The summed E-state index contributed by atoms with van der Waals surface area (Å²) in [5, 5.41) is 12.9. The van der Waals surface area contributed by atoms with Gasteiger partial charge < -0.3 is 10.4 Å². The number of benzene rings is 1. The number of hydrogen-bond donors (Lipinski definition) is 2. The molecule has 2 nitrogen and oxygen atoms in total. The van der Waals surface area contributed by atoms with Crippen LogP contribution in [0.4, 0.5) is 0 Å². The predicted octanol–water partition coefficient (Wildman–Crippen LogP) is 2.16. The molecular formula is C12H15NO. The molecule has 0 amide bonds. The zero-order valence-electron chi connectivity index (χ0n) is 8.16. The zero-order valence-corrected chi connectivity index (χ0v) is 8.16. The summed E-state index contributed by atoms with van der Waals surface area (Å²) in [7, 11) is 0. The van der Waals surface area contributed by atoms with E-state index in [0.717, 1.165) is 18.5 Å². The molecule has 0 radical (unpaired) electrons. The first kappa shape index (κ1) is 9.28. The van der Waals surface area contributed by atoms with Crippen molar-refractivity contribution in [3.8, 4) is 5.75 Å². The van der Waals surface area contributed by atoms with Crippen molar-refractivity contribution in [1.82, 2.24) is 5.32 Å². The maximum absolute atomic E-state index is 9.57. The van der Waals surface area contributed by atoms with Gasteiger partial charge in [-0.1, -0.05) is 18.2 Å². The second-order valence-corrected chi connectivity index (χ2v) is 3.68. The van der Waals surface area contributed by atoms with Crippen molar-refractivity contribution in [2.45, 2.75) is 18.9 Å². The molecule has 2 heteroatoms. The summed E-state index contributed by atoms with van der Waals surface area (Å²) in [6, 6.07) is 6.31. The highest BCUT2D eigenvalue weighted by Gasteiger charge is 2.18. The van der Waals surface area contributed by atoms with Crippen molar-refractivity contribution in [3.63, 3.8) is 0 Å². The molecule has 1 fully saturated rings. The number of allylic oxidation sites excluding steroid dienone is 1. The van der Waals surface area contributed by atoms with Gasteiger partial charge in [0.15, 0.2) is 0 Å². The molecule has 1 aliphatic rings. The van der Waals surface area contributed by atoms with Crippen LogP contribution >= 0.6 is 0 Å². The number of aromatic hydroxyl groups is 1. The maximum atomic E-state index is 9.57. The third-order valence-electron chi connectivity index (χ3n) is 2.69. The first-order chi connectivity index (χ1) is 6.81. The molecule has 1 aromatic rings. The fourth-order valence-corrected chi connectivity index (χ4v) is 1.71. The van der Waals surface area contributed by atoms with E-state index in [0.29, 0.717) is 11.8 Å². The fraction of sp³-hybridized carbons (Fsp3) is 0.333. The zero-order chi connectivity index (χ0) is 9.97. The molecule has 1 aromatic carbocycles. The first-order valence-corrected chi connectivity index (χ1v) is 4.97. The van der Waals surface area contributed by atoms with E-state index in [2.05, 4.69) is 18.0 Å². The molecule has 74 valence electrons. The van der Waals surface area contributed by atoms with Crippen LogP contribution in [0.15, 0.2) is 30.9 Å². The van der Waals surface area contributed by atoms with E-state index < -0.39 is 0 Å². The minimum Gasteiger partial charge on any atom is -0.508 e. The van der Waals surface area contributed by atoms with Gasteiger partial charge in [0.1, 0.15) is 5.75 Å². The van der Waals surface area contributed by atoms with Gasteiger partial charge >= 0.3 is 0 Å². The average molecular weight is 189 g/mol. The first-order valence-electron chi connectivity index (χ1n) is 4.97. The van der Waals surface area contributed by atoms with E-state index in [1.54, 1.807) is 6.07 Å². The summed E-state index contributed by atoms with van der Waals surface area (Å²) in [5.74, 6) is 0.368. The largest absolute Gasteiger partial charge is 0.508 e. The Hall–Kier alpha value is -1.28. The minimum atomic E-state index is 0.368. The third-order valence-corrected chi connectivity index (χ3v) is 2.69.